The molecule has 0 spiro atoms. The molecule has 0 atom stereocenters. The Morgan fingerprint density at radius 1 is 1.50 bits per heavy atom. The van der Waals surface area contributed by atoms with Crippen LogP contribution in [0.25, 0.3) is 0 Å². The first-order valence-corrected chi connectivity index (χ1v) is 4.31. The van der Waals surface area contributed by atoms with Gasteiger partial charge < -0.3 is 0 Å². The molecule has 1 amide bonds. The first-order chi connectivity index (χ1) is 6.74. The van der Waals surface area contributed by atoms with Crippen molar-refractivity contribution >= 4 is 5.91 Å². The van der Waals surface area contributed by atoms with Crippen LogP contribution in [0.1, 0.15) is 5.56 Å². The lowest BCUT2D eigenvalue weighted by Crippen LogP contribution is -2.24. The van der Waals surface area contributed by atoms with Gasteiger partial charge in [-0.3, -0.25) is 9.63 Å². The van der Waals surface area contributed by atoms with Crippen molar-refractivity contribution in [2.45, 2.75) is 6.61 Å². The number of benzene rings is 1. The summed E-state index contributed by atoms with van der Waals surface area (Å²) in [5, 5.41) is 1.17. The van der Waals surface area contributed by atoms with Gasteiger partial charge in [-0.25, -0.2) is 5.06 Å². The number of hydrogen-bond acceptors (Lipinski definition) is 2. The summed E-state index contributed by atoms with van der Waals surface area (Å²) >= 11 is 0. The molecule has 0 aliphatic heterocycles. The van der Waals surface area contributed by atoms with E-state index >= 15 is 0 Å². The minimum atomic E-state index is -0.249. The first kappa shape index (κ1) is 10.5. The molecule has 1 aromatic carbocycles. The second kappa shape index (κ2) is 5.19. The second-order valence-corrected chi connectivity index (χ2v) is 2.80. The lowest BCUT2D eigenvalue weighted by atomic mass is 10.2. The number of nitrogens with zero attached hydrogens (tertiary/aromatic N) is 1. The second-order valence-electron chi connectivity index (χ2n) is 2.80. The van der Waals surface area contributed by atoms with Crippen LogP contribution in [0.5, 0.6) is 0 Å². The molecule has 0 N–H and O–H groups in total. The number of hydroxylamine groups is 2. The van der Waals surface area contributed by atoms with Gasteiger partial charge in [0.15, 0.2) is 0 Å². The van der Waals surface area contributed by atoms with Crippen molar-refractivity contribution in [3.05, 3.63) is 48.6 Å². The molecular weight excluding hydrogens is 178 g/mol. The lowest BCUT2D eigenvalue weighted by Gasteiger charge is -2.14. The van der Waals surface area contributed by atoms with Gasteiger partial charge in [0.05, 0.1) is 0 Å². The molecule has 1 aromatic rings. The summed E-state index contributed by atoms with van der Waals surface area (Å²) in [4.78, 5) is 16.2. The molecule has 3 heteroatoms. The molecular formula is C11H13NO2. The Morgan fingerprint density at radius 3 is 2.71 bits per heavy atom. The standard InChI is InChI=1S/C11H13NO2/c1-3-11(13)12(2)14-9-10-7-5-4-6-8-10/h3-8H,1,9H2,2H3. The van der Waals surface area contributed by atoms with E-state index < -0.39 is 0 Å². The molecule has 3 nitrogen and oxygen atoms in total. The summed E-state index contributed by atoms with van der Waals surface area (Å²) in [5.41, 5.74) is 1.02. The van der Waals surface area contributed by atoms with Gasteiger partial charge in [-0.05, 0) is 11.6 Å². The maximum absolute atomic E-state index is 11.0. The fourth-order valence-electron chi connectivity index (χ4n) is 0.938. The highest BCUT2D eigenvalue weighted by molar-refractivity contribution is 5.85. The van der Waals surface area contributed by atoms with Crippen molar-refractivity contribution < 1.29 is 9.63 Å². The molecule has 74 valence electrons. The summed E-state index contributed by atoms with van der Waals surface area (Å²) < 4.78 is 0. The Hall–Kier alpha value is -1.61. The van der Waals surface area contributed by atoms with Gasteiger partial charge in [0.25, 0.3) is 5.91 Å². The maximum Gasteiger partial charge on any atom is 0.269 e. The van der Waals surface area contributed by atoms with Crippen LogP contribution in [-0.2, 0) is 16.2 Å². The molecule has 0 radical (unpaired) electrons. The third-order valence-electron chi connectivity index (χ3n) is 1.75. The third kappa shape index (κ3) is 3.03. The van der Waals surface area contributed by atoms with Crippen LogP contribution in [0.4, 0.5) is 0 Å². The molecule has 0 heterocycles. The monoisotopic (exact) mass is 191 g/mol. The van der Waals surface area contributed by atoms with E-state index in [-0.39, 0.29) is 5.91 Å². The topological polar surface area (TPSA) is 29.5 Å². The highest BCUT2D eigenvalue weighted by atomic mass is 16.7. The molecule has 0 aliphatic carbocycles. The molecule has 0 unspecified atom stereocenters. The Labute approximate surface area is 83.6 Å². The van der Waals surface area contributed by atoms with E-state index in [4.69, 9.17) is 4.84 Å². The van der Waals surface area contributed by atoms with Gasteiger partial charge in [0, 0.05) is 7.05 Å². The van der Waals surface area contributed by atoms with Crippen molar-refractivity contribution in [1.29, 1.82) is 0 Å². The van der Waals surface area contributed by atoms with E-state index in [0.29, 0.717) is 6.61 Å². The molecule has 0 bridgehead atoms. The van der Waals surface area contributed by atoms with Gasteiger partial charge in [0.2, 0.25) is 0 Å². The Balaban J connectivity index is 2.41. The zero-order chi connectivity index (χ0) is 10.4. The highest BCUT2D eigenvalue weighted by Crippen LogP contribution is 2.01. The van der Waals surface area contributed by atoms with Gasteiger partial charge in [-0.1, -0.05) is 36.9 Å². The van der Waals surface area contributed by atoms with E-state index in [1.165, 1.54) is 11.1 Å². The Morgan fingerprint density at radius 2 is 2.14 bits per heavy atom. The van der Waals surface area contributed by atoms with Crippen LogP contribution in [0.2, 0.25) is 0 Å². The van der Waals surface area contributed by atoms with Crippen LogP contribution >= 0.6 is 0 Å². The maximum atomic E-state index is 11.0. The van der Waals surface area contributed by atoms with Gasteiger partial charge in [-0.2, -0.15) is 0 Å². The van der Waals surface area contributed by atoms with Crippen molar-refractivity contribution in [1.82, 2.24) is 5.06 Å². The summed E-state index contributed by atoms with van der Waals surface area (Å²) in [5.74, 6) is -0.249. The van der Waals surface area contributed by atoms with Crippen LogP contribution in [-0.4, -0.2) is 18.0 Å². The number of rotatable bonds is 4. The molecule has 0 aromatic heterocycles. The Bertz CT molecular complexity index is 308. The zero-order valence-electron chi connectivity index (χ0n) is 8.14. The van der Waals surface area contributed by atoms with Crippen molar-refractivity contribution in [3.8, 4) is 0 Å². The smallest absolute Gasteiger partial charge is 0.267 e. The average molecular weight is 191 g/mol. The molecule has 0 fully saturated rings. The number of carbonyl (C=O) groups is 1. The number of likely N-dealkylation sites (N-methyl/N-ethyl adjacent to an activating group) is 1. The van der Waals surface area contributed by atoms with Crippen molar-refractivity contribution in [2.24, 2.45) is 0 Å². The number of amides is 1. The molecule has 0 saturated heterocycles. The van der Waals surface area contributed by atoms with Crippen molar-refractivity contribution in [2.75, 3.05) is 7.05 Å². The minimum absolute atomic E-state index is 0.249. The molecule has 14 heavy (non-hydrogen) atoms. The molecule has 0 saturated carbocycles. The van der Waals surface area contributed by atoms with E-state index in [9.17, 15) is 4.79 Å². The fourth-order valence-corrected chi connectivity index (χ4v) is 0.938. The largest absolute Gasteiger partial charge is 0.269 e. The van der Waals surface area contributed by atoms with Crippen molar-refractivity contribution in [3.63, 3.8) is 0 Å². The van der Waals surface area contributed by atoms with E-state index in [0.717, 1.165) is 5.56 Å². The molecule has 1 rings (SSSR count). The van der Waals surface area contributed by atoms with Gasteiger partial charge >= 0.3 is 0 Å². The average Bonchev–Trinajstić information content (AvgIpc) is 2.26. The SMILES string of the molecule is C=CC(=O)N(C)OCc1ccccc1. The summed E-state index contributed by atoms with van der Waals surface area (Å²) in [6.07, 6.45) is 1.21. The van der Waals surface area contributed by atoms with Crippen LogP contribution in [0.15, 0.2) is 43.0 Å². The quantitative estimate of drug-likeness (QED) is 0.536. The number of hydrogen-bond donors (Lipinski definition) is 0. The summed E-state index contributed by atoms with van der Waals surface area (Å²) in [6, 6.07) is 9.66. The van der Waals surface area contributed by atoms with Gasteiger partial charge in [0.1, 0.15) is 6.61 Å². The summed E-state index contributed by atoms with van der Waals surface area (Å²) in [7, 11) is 1.56. The van der Waals surface area contributed by atoms with Gasteiger partial charge in [-0.15, -0.1) is 0 Å². The van der Waals surface area contributed by atoms with Crippen LogP contribution < -0.4 is 0 Å². The van der Waals surface area contributed by atoms with E-state index in [1.54, 1.807) is 7.05 Å². The first-order valence-electron chi connectivity index (χ1n) is 4.31. The lowest BCUT2D eigenvalue weighted by molar-refractivity contribution is -0.177. The fraction of sp³-hybridized carbons (Fsp3) is 0.182. The Kier molecular flexibility index (Phi) is 3.88. The normalized spacial score (nSPS) is 9.50. The van der Waals surface area contributed by atoms with Crippen LogP contribution in [0, 0.1) is 0 Å². The zero-order valence-corrected chi connectivity index (χ0v) is 8.14. The number of carbonyl (C=O) groups excluding carboxylic acids is 1. The highest BCUT2D eigenvalue weighted by Gasteiger charge is 2.03. The predicted molar refractivity (Wildman–Crippen MR) is 54.2 cm³/mol. The van der Waals surface area contributed by atoms with E-state index in [1.807, 2.05) is 30.3 Å². The third-order valence-corrected chi connectivity index (χ3v) is 1.75. The molecule has 0 aliphatic rings. The minimum Gasteiger partial charge on any atom is -0.267 e. The predicted octanol–water partition coefficient (Wildman–Crippen LogP) is 1.76. The summed E-state index contributed by atoms with van der Waals surface area (Å²) in [6.45, 7) is 3.75. The van der Waals surface area contributed by atoms with E-state index in [2.05, 4.69) is 6.58 Å². The van der Waals surface area contributed by atoms with Crippen LogP contribution in [0.3, 0.4) is 0 Å².